The number of amidine groups is 1. The lowest BCUT2D eigenvalue weighted by Crippen LogP contribution is -2.11. The summed E-state index contributed by atoms with van der Waals surface area (Å²) in [4.78, 5) is 8.87. The molecule has 3 heterocycles. The zero-order valence-electron chi connectivity index (χ0n) is 12.4. The van der Waals surface area contributed by atoms with Crippen LogP contribution >= 0.6 is 0 Å². The summed E-state index contributed by atoms with van der Waals surface area (Å²) < 4.78 is 1.78. The summed E-state index contributed by atoms with van der Waals surface area (Å²) in [6.07, 6.45) is 11.5. The number of anilines is 1. The topological polar surface area (TPSA) is 54.6 Å². The van der Waals surface area contributed by atoms with Gasteiger partial charge in [0.1, 0.15) is 5.84 Å². The van der Waals surface area contributed by atoms with Crippen molar-refractivity contribution in [3.05, 3.63) is 73.1 Å². The lowest BCUT2D eigenvalue weighted by atomic mass is 10.1. The minimum atomic E-state index is 0.663. The number of aromatic nitrogens is 3. The molecule has 0 bridgehead atoms. The van der Waals surface area contributed by atoms with Crippen LogP contribution in [-0.2, 0) is 0 Å². The van der Waals surface area contributed by atoms with Gasteiger partial charge in [-0.3, -0.25) is 4.99 Å². The molecule has 0 fully saturated rings. The molecule has 2 aromatic heterocycles. The zero-order valence-corrected chi connectivity index (χ0v) is 12.4. The van der Waals surface area contributed by atoms with Crippen LogP contribution in [0, 0.1) is 0 Å². The van der Waals surface area contributed by atoms with Crippen molar-refractivity contribution in [3.63, 3.8) is 0 Å². The summed E-state index contributed by atoms with van der Waals surface area (Å²) in [6, 6.07) is 12.1. The normalized spacial score (nSPS) is 13.8. The molecule has 5 nitrogen and oxygen atoms in total. The fourth-order valence-corrected chi connectivity index (χ4v) is 2.47. The Labute approximate surface area is 133 Å². The van der Waals surface area contributed by atoms with Gasteiger partial charge >= 0.3 is 0 Å². The number of benzene rings is 1. The fraction of sp³-hybridized carbons (Fsp3) is 0.0556. The van der Waals surface area contributed by atoms with Crippen molar-refractivity contribution in [3.8, 4) is 11.3 Å². The first-order valence-electron chi connectivity index (χ1n) is 7.45. The molecule has 0 amide bonds. The summed E-state index contributed by atoms with van der Waals surface area (Å²) in [5, 5.41) is 7.98. The maximum atomic E-state index is 4.62. The smallest absolute Gasteiger partial charge is 0.177 e. The van der Waals surface area contributed by atoms with E-state index in [0.29, 0.717) is 6.54 Å². The molecule has 0 unspecified atom stereocenters. The second-order valence-corrected chi connectivity index (χ2v) is 5.14. The molecule has 0 saturated heterocycles. The van der Waals surface area contributed by atoms with Crippen LogP contribution in [-0.4, -0.2) is 27.0 Å². The van der Waals surface area contributed by atoms with E-state index < -0.39 is 0 Å². The number of nitrogens with one attached hydrogen (secondary N) is 1. The molecule has 112 valence electrons. The Morgan fingerprint density at radius 3 is 2.91 bits per heavy atom. The molecule has 3 aromatic rings. The number of hydrogen-bond acceptors (Lipinski definition) is 4. The van der Waals surface area contributed by atoms with Gasteiger partial charge < -0.3 is 5.32 Å². The Morgan fingerprint density at radius 1 is 1.09 bits per heavy atom. The molecule has 1 N–H and O–H groups in total. The summed E-state index contributed by atoms with van der Waals surface area (Å²) in [7, 11) is 0. The molecule has 1 aliphatic heterocycles. The SMILES string of the molecule is C1=CCN=C(Nc2cc(-c3ccccc3)nn3ccnc23)C=C1. The van der Waals surface area contributed by atoms with E-state index in [9.17, 15) is 0 Å². The van der Waals surface area contributed by atoms with Gasteiger partial charge in [-0.25, -0.2) is 9.50 Å². The van der Waals surface area contributed by atoms with Gasteiger partial charge in [-0.15, -0.1) is 0 Å². The summed E-state index contributed by atoms with van der Waals surface area (Å²) in [5.74, 6) is 0.810. The maximum absolute atomic E-state index is 4.62. The number of allylic oxidation sites excluding steroid dienone is 2. The summed E-state index contributed by atoms with van der Waals surface area (Å²) >= 11 is 0. The molecule has 0 aliphatic carbocycles. The fourth-order valence-electron chi connectivity index (χ4n) is 2.47. The zero-order chi connectivity index (χ0) is 15.5. The first-order valence-corrected chi connectivity index (χ1v) is 7.45. The predicted molar refractivity (Wildman–Crippen MR) is 92.6 cm³/mol. The number of nitrogens with zero attached hydrogens (tertiary/aromatic N) is 4. The standard InChI is InChI=1S/C18H15N5/c1-3-7-14(8-4-1)15-13-16(18-20-11-12-23(18)22-15)21-17-9-5-2-6-10-19-17/h1-9,11-13H,10H2,(H,19,21). The van der Waals surface area contributed by atoms with Crippen LogP contribution in [0.15, 0.2) is 78.1 Å². The average molecular weight is 301 g/mol. The average Bonchev–Trinajstić information content (AvgIpc) is 2.93. The largest absolute Gasteiger partial charge is 0.337 e. The van der Waals surface area contributed by atoms with E-state index in [1.54, 1.807) is 10.7 Å². The molecular weight excluding hydrogens is 286 g/mol. The van der Waals surface area contributed by atoms with Gasteiger partial charge in [0, 0.05) is 18.0 Å². The molecule has 0 saturated carbocycles. The van der Waals surface area contributed by atoms with Gasteiger partial charge in [0.2, 0.25) is 0 Å². The molecule has 4 rings (SSSR count). The molecular formula is C18H15N5. The predicted octanol–water partition coefficient (Wildman–Crippen LogP) is 3.33. The van der Waals surface area contributed by atoms with Crippen molar-refractivity contribution in [2.75, 3.05) is 11.9 Å². The highest BCUT2D eigenvalue weighted by atomic mass is 15.3. The van der Waals surface area contributed by atoms with E-state index in [4.69, 9.17) is 0 Å². The van der Waals surface area contributed by atoms with Crippen LogP contribution in [0.1, 0.15) is 0 Å². The van der Waals surface area contributed by atoms with Crippen LogP contribution in [0.2, 0.25) is 0 Å². The Hall–Kier alpha value is -3.21. The lowest BCUT2D eigenvalue weighted by molar-refractivity contribution is 0.944. The molecule has 5 heteroatoms. The minimum Gasteiger partial charge on any atom is -0.337 e. The Kier molecular flexibility index (Phi) is 3.44. The van der Waals surface area contributed by atoms with Gasteiger partial charge in [-0.1, -0.05) is 48.6 Å². The first-order chi connectivity index (χ1) is 11.4. The highest BCUT2D eigenvalue weighted by Crippen LogP contribution is 2.23. The van der Waals surface area contributed by atoms with E-state index in [1.165, 1.54) is 0 Å². The van der Waals surface area contributed by atoms with Crippen LogP contribution in [0.4, 0.5) is 5.69 Å². The lowest BCUT2D eigenvalue weighted by Gasteiger charge is -2.10. The van der Waals surface area contributed by atoms with E-state index in [1.807, 2.05) is 66.9 Å². The number of rotatable bonds is 2. The third-order valence-electron chi connectivity index (χ3n) is 3.56. The van der Waals surface area contributed by atoms with E-state index in [-0.39, 0.29) is 0 Å². The van der Waals surface area contributed by atoms with Crippen molar-refractivity contribution in [1.82, 2.24) is 14.6 Å². The number of hydrogen-bond donors (Lipinski definition) is 1. The van der Waals surface area contributed by atoms with Crippen LogP contribution < -0.4 is 5.32 Å². The molecule has 1 aliphatic rings. The number of fused-ring (bicyclic) bond motifs is 1. The van der Waals surface area contributed by atoms with Crippen molar-refractivity contribution in [2.24, 2.45) is 4.99 Å². The Morgan fingerprint density at radius 2 is 2.00 bits per heavy atom. The van der Waals surface area contributed by atoms with Crippen LogP contribution in [0.3, 0.4) is 0 Å². The van der Waals surface area contributed by atoms with Gasteiger partial charge in [0.25, 0.3) is 0 Å². The van der Waals surface area contributed by atoms with Crippen molar-refractivity contribution >= 4 is 17.2 Å². The quantitative estimate of drug-likeness (QED) is 0.790. The third-order valence-corrected chi connectivity index (χ3v) is 3.56. The summed E-state index contributed by atoms with van der Waals surface area (Å²) in [6.45, 7) is 0.663. The van der Waals surface area contributed by atoms with Gasteiger partial charge in [0.15, 0.2) is 5.65 Å². The second-order valence-electron chi connectivity index (χ2n) is 5.14. The Balaban J connectivity index is 1.79. The highest BCUT2D eigenvalue weighted by molar-refractivity contribution is 6.06. The molecule has 0 spiro atoms. The van der Waals surface area contributed by atoms with Crippen molar-refractivity contribution < 1.29 is 0 Å². The molecule has 1 aromatic carbocycles. The van der Waals surface area contributed by atoms with E-state index in [0.717, 1.165) is 28.4 Å². The van der Waals surface area contributed by atoms with Crippen molar-refractivity contribution in [1.29, 1.82) is 0 Å². The third kappa shape index (κ3) is 2.76. The molecule has 0 radical (unpaired) electrons. The van der Waals surface area contributed by atoms with E-state index in [2.05, 4.69) is 20.4 Å². The van der Waals surface area contributed by atoms with E-state index >= 15 is 0 Å². The first kappa shape index (κ1) is 13.5. The molecule has 0 atom stereocenters. The van der Waals surface area contributed by atoms with Gasteiger partial charge in [0.05, 0.1) is 17.9 Å². The van der Waals surface area contributed by atoms with Gasteiger partial charge in [-0.2, -0.15) is 5.10 Å². The molecule has 23 heavy (non-hydrogen) atoms. The monoisotopic (exact) mass is 301 g/mol. The van der Waals surface area contributed by atoms with Crippen molar-refractivity contribution in [2.45, 2.75) is 0 Å². The Bertz CT molecular complexity index is 919. The van der Waals surface area contributed by atoms with Crippen LogP contribution in [0.25, 0.3) is 16.9 Å². The number of aliphatic imine (C=N–C) groups is 1. The second kappa shape index (κ2) is 5.88. The summed E-state index contributed by atoms with van der Waals surface area (Å²) in [5.41, 5.74) is 3.60. The maximum Gasteiger partial charge on any atom is 0.177 e. The number of imidazole rings is 1. The minimum absolute atomic E-state index is 0.663. The highest BCUT2D eigenvalue weighted by Gasteiger charge is 2.10. The van der Waals surface area contributed by atoms with Crippen LogP contribution in [0.5, 0.6) is 0 Å². The van der Waals surface area contributed by atoms with Gasteiger partial charge in [-0.05, 0) is 12.1 Å².